The number of aromatic nitrogens is 2. The number of aryl methyl sites for hydroxylation is 2. The minimum Gasteiger partial charge on any atom is -0.352 e. The molecular weight excluding hydrogens is 400 g/mol. The van der Waals surface area contributed by atoms with E-state index >= 15 is 0 Å². The molecule has 0 aliphatic heterocycles. The number of para-hydroxylation sites is 3. The van der Waals surface area contributed by atoms with Gasteiger partial charge in [0.05, 0.1) is 11.0 Å². The lowest BCUT2D eigenvalue weighted by atomic mass is 10.1. The fraction of sp³-hybridized carbons (Fsp3) is 0.192. The maximum absolute atomic E-state index is 12.7. The van der Waals surface area contributed by atoms with Crippen LogP contribution in [0.3, 0.4) is 0 Å². The number of nitrogens with zero attached hydrogens (tertiary/aromatic N) is 2. The van der Waals surface area contributed by atoms with Gasteiger partial charge in [-0.2, -0.15) is 0 Å². The molecule has 32 heavy (non-hydrogen) atoms. The van der Waals surface area contributed by atoms with Gasteiger partial charge in [-0.25, -0.2) is 4.98 Å². The number of amides is 2. The van der Waals surface area contributed by atoms with Crippen molar-refractivity contribution in [2.24, 2.45) is 0 Å². The summed E-state index contributed by atoms with van der Waals surface area (Å²) in [6.45, 7) is 2.64. The highest BCUT2D eigenvalue weighted by Gasteiger charge is 2.14. The van der Waals surface area contributed by atoms with Gasteiger partial charge >= 0.3 is 0 Å². The van der Waals surface area contributed by atoms with E-state index in [2.05, 4.69) is 10.6 Å². The summed E-state index contributed by atoms with van der Waals surface area (Å²) in [7, 11) is 0. The minimum atomic E-state index is -0.103. The first-order chi connectivity index (χ1) is 15.6. The standard InChI is InChI=1S/C26H26N4O2/c1-19-10-5-6-13-21(19)26(32)27-17-9-16-24-29-22-14-7-8-15-23(22)30(24)18-25(31)28-20-11-3-2-4-12-20/h2-8,10-15H,9,16-18H2,1H3,(H,27,32)(H,28,31). The van der Waals surface area contributed by atoms with Crippen molar-refractivity contribution in [3.05, 3.63) is 95.8 Å². The molecule has 0 fully saturated rings. The summed E-state index contributed by atoms with van der Waals surface area (Å²) in [6.07, 6.45) is 1.38. The number of anilines is 1. The monoisotopic (exact) mass is 426 g/mol. The van der Waals surface area contributed by atoms with E-state index in [0.717, 1.165) is 34.5 Å². The van der Waals surface area contributed by atoms with Crippen LogP contribution in [0.5, 0.6) is 0 Å². The summed E-state index contributed by atoms with van der Waals surface area (Å²) in [5.41, 5.74) is 4.20. The summed E-state index contributed by atoms with van der Waals surface area (Å²) < 4.78 is 1.96. The molecule has 0 unspecified atom stereocenters. The third-order valence-electron chi connectivity index (χ3n) is 5.35. The van der Waals surface area contributed by atoms with E-state index in [1.165, 1.54) is 0 Å². The molecule has 0 bridgehead atoms. The van der Waals surface area contributed by atoms with Gasteiger partial charge in [0.2, 0.25) is 5.91 Å². The molecule has 2 N–H and O–H groups in total. The van der Waals surface area contributed by atoms with Crippen LogP contribution in [0.2, 0.25) is 0 Å². The van der Waals surface area contributed by atoms with Crippen molar-refractivity contribution in [1.82, 2.24) is 14.9 Å². The lowest BCUT2D eigenvalue weighted by molar-refractivity contribution is -0.116. The van der Waals surface area contributed by atoms with Gasteiger partial charge in [-0.3, -0.25) is 9.59 Å². The van der Waals surface area contributed by atoms with Gasteiger partial charge in [0.1, 0.15) is 12.4 Å². The van der Waals surface area contributed by atoms with Crippen molar-refractivity contribution in [1.29, 1.82) is 0 Å². The highest BCUT2D eigenvalue weighted by Crippen LogP contribution is 2.18. The van der Waals surface area contributed by atoms with Gasteiger partial charge in [-0.15, -0.1) is 0 Å². The molecule has 0 radical (unpaired) electrons. The van der Waals surface area contributed by atoms with Crippen LogP contribution in [0, 0.1) is 6.92 Å². The van der Waals surface area contributed by atoms with Crippen molar-refractivity contribution < 1.29 is 9.59 Å². The normalized spacial score (nSPS) is 10.8. The zero-order valence-corrected chi connectivity index (χ0v) is 18.0. The van der Waals surface area contributed by atoms with E-state index in [1.807, 2.05) is 90.4 Å². The molecule has 2 amide bonds. The Hall–Kier alpha value is -3.93. The predicted octanol–water partition coefficient (Wildman–Crippen LogP) is 4.35. The van der Waals surface area contributed by atoms with Gasteiger partial charge in [-0.05, 0) is 49.2 Å². The first kappa shape index (κ1) is 21.3. The van der Waals surface area contributed by atoms with Crippen LogP contribution in [0.1, 0.15) is 28.2 Å². The Morgan fingerprint density at radius 3 is 2.44 bits per heavy atom. The molecule has 0 spiro atoms. The smallest absolute Gasteiger partial charge is 0.251 e. The second-order valence-corrected chi connectivity index (χ2v) is 7.69. The lowest BCUT2D eigenvalue weighted by Gasteiger charge is -2.11. The van der Waals surface area contributed by atoms with Gasteiger partial charge in [-0.1, -0.05) is 48.5 Å². The average Bonchev–Trinajstić information content (AvgIpc) is 3.14. The van der Waals surface area contributed by atoms with Gasteiger partial charge < -0.3 is 15.2 Å². The van der Waals surface area contributed by atoms with E-state index in [0.29, 0.717) is 18.5 Å². The van der Waals surface area contributed by atoms with E-state index in [1.54, 1.807) is 0 Å². The number of hydrogen-bond donors (Lipinski definition) is 2. The summed E-state index contributed by atoms with van der Waals surface area (Å²) in [6, 6.07) is 24.8. The molecule has 6 heteroatoms. The zero-order chi connectivity index (χ0) is 22.3. The van der Waals surface area contributed by atoms with Crippen LogP contribution < -0.4 is 10.6 Å². The Bertz CT molecular complexity index is 1230. The number of benzene rings is 3. The number of carbonyl (C=O) groups is 2. The van der Waals surface area contributed by atoms with Crippen LogP contribution in [0.25, 0.3) is 11.0 Å². The van der Waals surface area contributed by atoms with E-state index < -0.39 is 0 Å². The maximum Gasteiger partial charge on any atom is 0.251 e. The Balaban J connectivity index is 1.41. The van der Waals surface area contributed by atoms with Crippen molar-refractivity contribution in [2.75, 3.05) is 11.9 Å². The number of rotatable bonds is 8. The first-order valence-corrected chi connectivity index (χ1v) is 10.7. The SMILES string of the molecule is Cc1ccccc1C(=O)NCCCc1nc2ccccc2n1CC(=O)Nc1ccccc1. The summed E-state index contributed by atoms with van der Waals surface area (Å²) in [5.74, 6) is 0.659. The van der Waals surface area contributed by atoms with Crippen molar-refractivity contribution in [3.8, 4) is 0 Å². The maximum atomic E-state index is 12.7. The zero-order valence-electron chi connectivity index (χ0n) is 18.0. The molecule has 4 rings (SSSR count). The molecule has 0 atom stereocenters. The fourth-order valence-electron chi connectivity index (χ4n) is 3.73. The van der Waals surface area contributed by atoms with Crippen molar-refractivity contribution >= 4 is 28.5 Å². The number of fused-ring (bicyclic) bond motifs is 1. The molecule has 0 aliphatic rings. The second kappa shape index (κ2) is 9.92. The minimum absolute atomic E-state index is 0.0705. The molecule has 1 heterocycles. The van der Waals surface area contributed by atoms with Crippen LogP contribution in [-0.2, 0) is 17.8 Å². The van der Waals surface area contributed by atoms with Gasteiger partial charge in [0.15, 0.2) is 0 Å². The van der Waals surface area contributed by atoms with E-state index in [4.69, 9.17) is 4.98 Å². The average molecular weight is 427 g/mol. The number of hydrogen-bond acceptors (Lipinski definition) is 3. The Kier molecular flexibility index (Phi) is 6.60. The molecule has 162 valence electrons. The number of nitrogens with one attached hydrogen (secondary N) is 2. The molecule has 1 aromatic heterocycles. The molecule has 6 nitrogen and oxygen atoms in total. The highest BCUT2D eigenvalue weighted by molar-refractivity contribution is 5.95. The second-order valence-electron chi connectivity index (χ2n) is 7.69. The van der Waals surface area contributed by atoms with E-state index in [-0.39, 0.29) is 18.4 Å². The van der Waals surface area contributed by atoms with Gasteiger partial charge in [0.25, 0.3) is 5.91 Å². The van der Waals surface area contributed by atoms with Crippen LogP contribution in [-0.4, -0.2) is 27.9 Å². The molecule has 0 saturated heterocycles. The fourth-order valence-corrected chi connectivity index (χ4v) is 3.73. The van der Waals surface area contributed by atoms with Crippen LogP contribution in [0.15, 0.2) is 78.9 Å². The topological polar surface area (TPSA) is 76.0 Å². The Morgan fingerprint density at radius 1 is 0.906 bits per heavy atom. The summed E-state index contributed by atoms with van der Waals surface area (Å²) in [4.78, 5) is 29.8. The number of imidazole rings is 1. The largest absolute Gasteiger partial charge is 0.352 e. The highest BCUT2D eigenvalue weighted by atomic mass is 16.2. The van der Waals surface area contributed by atoms with E-state index in [9.17, 15) is 9.59 Å². The lowest BCUT2D eigenvalue weighted by Crippen LogP contribution is -2.26. The third-order valence-corrected chi connectivity index (χ3v) is 5.35. The number of carbonyl (C=O) groups excluding carboxylic acids is 2. The quantitative estimate of drug-likeness (QED) is 0.412. The van der Waals surface area contributed by atoms with Crippen molar-refractivity contribution in [2.45, 2.75) is 26.3 Å². The van der Waals surface area contributed by atoms with Gasteiger partial charge in [0, 0.05) is 24.2 Å². The van der Waals surface area contributed by atoms with Crippen LogP contribution >= 0.6 is 0 Å². The van der Waals surface area contributed by atoms with Crippen LogP contribution in [0.4, 0.5) is 5.69 Å². The summed E-state index contributed by atoms with van der Waals surface area (Å²) in [5, 5.41) is 5.91. The predicted molar refractivity (Wildman–Crippen MR) is 127 cm³/mol. The molecule has 0 saturated carbocycles. The molecular formula is C26H26N4O2. The molecule has 0 aliphatic carbocycles. The van der Waals surface area contributed by atoms with Crippen molar-refractivity contribution in [3.63, 3.8) is 0 Å². The Morgan fingerprint density at radius 2 is 1.62 bits per heavy atom. The molecule has 4 aromatic rings. The first-order valence-electron chi connectivity index (χ1n) is 10.7. The summed E-state index contributed by atoms with van der Waals surface area (Å²) >= 11 is 0. The third kappa shape index (κ3) is 5.03. The Labute approximate surface area is 187 Å². The molecule has 3 aromatic carbocycles.